The molecule has 1 aromatic carbocycles. The van der Waals surface area contributed by atoms with Crippen molar-refractivity contribution in [2.45, 2.75) is 52.5 Å². The predicted octanol–water partition coefficient (Wildman–Crippen LogP) is 3.74. The summed E-state index contributed by atoms with van der Waals surface area (Å²) in [5.74, 6) is 1.00. The van der Waals surface area contributed by atoms with Crippen LogP contribution in [0.25, 0.3) is 0 Å². The van der Waals surface area contributed by atoms with Crippen molar-refractivity contribution in [3.63, 3.8) is 0 Å². The zero-order chi connectivity index (χ0) is 15.0. The molecular formula is C17H26N2O. The van der Waals surface area contributed by atoms with Gasteiger partial charge in [0.05, 0.1) is 12.7 Å². The summed E-state index contributed by atoms with van der Waals surface area (Å²) in [6, 6.07) is 8.54. The Hall–Kier alpha value is -1.53. The molecule has 1 rings (SSSR count). The van der Waals surface area contributed by atoms with Crippen molar-refractivity contribution in [2.24, 2.45) is 0 Å². The van der Waals surface area contributed by atoms with Gasteiger partial charge in [-0.1, -0.05) is 25.1 Å². The second kappa shape index (κ2) is 7.91. The first-order valence-corrected chi connectivity index (χ1v) is 7.37. The molecule has 0 aliphatic carbocycles. The summed E-state index contributed by atoms with van der Waals surface area (Å²) in [6.07, 6.45) is 2.81. The van der Waals surface area contributed by atoms with E-state index in [0.717, 1.165) is 31.6 Å². The maximum atomic E-state index is 9.18. The number of benzene rings is 1. The molecule has 0 radical (unpaired) electrons. The maximum absolute atomic E-state index is 9.18. The van der Waals surface area contributed by atoms with Crippen LogP contribution in [0.3, 0.4) is 0 Å². The van der Waals surface area contributed by atoms with Gasteiger partial charge in [-0.3, -0.25) is 5.32 Å². The third-order valence-electron chi connectivity index (χ3n) is 3.54. The first-order valence-electron chi connectivity index (χ1n) is 7.37. The van der Waals surface area contributed by atoms with Crippen molar-refractivity contribution in [1.29, 1.82) is 5.26 Å². The molecule has 20 heavy (non-hydrogen) atoms. The number of nitrogens with one attached hydrogen (secondary N) is 1. The van der Waals surface area contributed by atoms with Crippen molar-refractivity contribution >= 4 is 0 Å². The highest BCUT2D eigenvalue weighted by Crippen LogP contribution is 2.22. The molecule has 0 saturated carbocycles. The van der Waals surface area contributed by atoms with Crippen LogP contribution in [-0.2, 0) is 0 Å². The summed E-state index contributed by atoms with van der Waals surface area (Å²) in [5, 5.41) is 12.4. The average molecular weight is 274 g/mol. The average Bonchev–Trinajstić information content (AvgIpc) is 2.41. The molecule has 1 unspecified atom stereocenters. The normalized spacial score (nSPS) is 13.6. The molecule has 0 spiro atoms. The fraction of sp³-hybridized carbons (Fsp3) is 0.588. The van der Waals surface area contributed by atoms with Gasteiger partial charge in [0.15, 0.2) is 0 Å². The number of hydrogen-bond acceptors (Lipinski definition) is 3. The largest absolute Gasteiger partial charge is 0.493 e. The molecule has 110 valence electrons. The van der Waals surface area contributed by atoms with Crippen LogP contribution in [0.15, 0.2) is 18.2 Å². The number of hydrogen-bond donors (Lipinski definition) is 1. The van der Waals surface area contributed by atoms with Crippen LogP contribution in [0.5, 0.6) is 5.75 Å². The van der Waals surface area contributed by atoms with Gasteiger partial charge in [-0.15, -0.1) is 0 Å². The van der Waals surface area contributed by atoms with Gasteiger partial charge in [-0.05, 0) is 57.7 Å². The third kappa shape index (κ3) is 4.86. The summed E-state index contributed by atoms with van der Waals surface area (Å²) in [5.41, 5.74) is 1.95. The number of nitriles is 1. The number of para-hydroxylation sites is 1. The second-order valence-corrected chi connectivity index (χ2v) is 5.50. The second-order valence-electron chi connectivity index (χ2n) is 5.50. The predicted molar refractivity (Wildman–Crippen MR) is 83.0 cm³/mol. The Morgan fingerprint density at radius 3 is 2.45 bits per heavy atom. The van der Waals surface area contributed by atoms with E-state index >= 15 is 0 Å². The van der Waals surface area contributed by atoms with Gasteiger partial charge in [0.1, 0.15) is 11.3 Å². The number of aryl methyl sites for hydroxylation is 2. The smallest absolute Gasteiger partial charge is 0.125 e. The van der Waals surface area contributed by atoms with Crippen LogP contribution >= 0.6 is 0 Å². The Labute approximate surface area is 123 Å². The van der Waals surface area contributed by atoms with Gasteiger partial charge in [-0.25, -0.2) is 0 Å². The van der Waals surface area contributed by atoms with Crippen LogP contribution in [0.4, 0.5) is 0 Å². The number of nitrogens with zero attached hydrogens (tertiary/aromatic N) is 1. The summed E-state index contributed by atoms with van der Waals surface area (Å²) in [7, 11) is 0. The lowest BCUT2D eigenvalue weighted by molar-refractivity contribution is 0.292. The number of unbranched alkanes of at least 4 members (excludes halogenated alkanes) is 1. The molecule has 0 aliphatic rings. The molecule has 1 N–H and O–H groups in total. The molecule has 0 fully saturated rings. The highest BCUT2D eigenvalue weighted by Gasteiger charge is 2.21. The van der Waals surface area contributed by atoms with E-state index in [2.05, 4.69) is 37.4 Å². The van der Waals surface area contributed by atoms with Crippen molar-refractivity contribution in [3.05, 3.63) is 29.3 Å². The highest BCUT2D eigenvalue weighted by molar-refractivity contribution is 5.39. The van der Waals surface area contributed by atoms with Crippen molar-refractivity contribution in [1.82, 2.24) is 5.32 Å². The van der Waals surface area contributed by atoms with E-state index in [1.54, 1.807) is 0 Å². The van der Waals surface area contributed by atoms with E-state index in [4.69, 9.17) is 4.74 Å². The SMILES string of the molecule is CCNC(C)(C#N)CCCCOc1c(C)cccc1C. The van der Waals surface area contributed by atoms with E-state index in [-0.39, 0.29) is 0 Å². The Morgan fingerprint density at radius 1 is 1.25 bits per heavy atom. The Balaban J connectivity index is 2.34. The zero-order valence-electron chi connectivity index (χ0n) is 13.1. The molecule has 1 atom stereocenters. The van der Waals surface area contributed by atoms with Crippen LogP contribution in [-0.4, -0.2) is 18.7 Å². The molecule has 0 aliphatic heterocycles. The summed E-state index contributed by atoms with van der Waals surface area (Å²) >= 11 is 0. The molecule has 0 heterocycles. The van der Waals surface area contributed by atoms with E-state index in [9.17, 15) is 5.26 Å². The lowest BCUT2D eigenvalue weighted by atomic mass is 9.97. The van der Waals surface area contributed by atoms with Crippen LogP contribution in [0, 0.1) is 25.2 Å². The zero-order valence-corrected chi connectivity index (χ0v) is 13.1. The minimum Gasteiger partial charge on any atom is -0.493 e. The maximum Gasteiger partial charge on any atom is 0.125 e. The Kier molecular flexibility index (Phi) is 6.54. The monoisotopic (exact) mass is 274 g/mol. The Morgan fingerprint density at radius 2 is 1.90 bits per heavy atom. The summed E-state index contributed by atoms with van der Waals surface area (Å²) in [6.45, 7) is 9.66. The van der Waals surface area contributed by atoms with Crippen LogP contribution in [0.1, 0.15) is 44.2 Å². The van der Waals surface area contributed by atoms with Crippen molar-refractivity contribution in [3.8, 4) is 11.8 Å². The highest BCUT2D eigenvalue weighted by atomic mass is 16.5. The minimum absolute atomic E-state index is 0.409. The van der Waals surface area contributed by atoms with E-state index in [0.29, 0.717) is 6.61 Å². The van der Waals surface area contributed by atoms with E-state index in [1.807, 2.05) is 19.9 Å². The first kappa shape index (κ1) is 16.5. The molecule has 0 bridgehead atoms. The Bertz CT molecular complexity index is 444. The summed E-state index contributed by atoms with van der Waals surface area (Å²) in [4.78, 5) is 0. The van der Waals surface area contributed by atoms with Crippen LogP contribution < -0.4 is 10.1 Å². The van der Waals surface area contributed by atoms with Gasteiger partial charge in [0.25, 0.3) is 0 Å². The minimum atomic E-state index is -0.409. The molecular weight excluding hydrogens is 248 g/mol. The van der Waals surface area contributed by atoms with Gasteiger partial charge in [0, 0.05) is 0 Å². The lowest BCUT2D eigenvalue weighted by Gasteiger charge is -2.22. The molecule has 0 saturated heterocycles. The lowest BCUT2D eigenvalue weighted by Crippen LogP contribution is -2.40. The quantitative estimate of drug-likeness (QED) is 0.734. The molecule has 0 amide bonds. The van der Waals surface area contributed by atoms with E-state index in [1.165, 1.54) is 11.1 Å². The summed E-state index contributed by atoms with van der Waals surface area (Å²) < 4.78 is 5.87. The molecule has 0 aromatic heterocycles. The van der Waals surface area contributed by atoms with Gasteiger partial charge < -0.3 is 4.74 Å². The molecule has 3 heteroatoms. The fourth-order valence-electron chi connectivity index (χ4n) is 2.36. The van der Waals surface area contributed by atoms with E-state index < -0.39 is 5.54 Å². The van der Waals surface area contributed by atoms with Crippen molar-refractivity contribution < 1.29 is 4.74 Å². The van der Waals surface area contributed by atoms with Crippen LogP contribution in [0.2, 0.25) is 0 Å². The van der Waals surface area contributed by atoms with Gasteiger partial charge in [0.2, 0.25) is 0 Å². The van der Waals surface area contributed by atoms with Crippen molar-refractivity contribution in [2.75, 3.05) is 13.2 Å². The van der Waals surface area contributed by atoms with Gasteiger partial charge >= 0.3 is 0 Å². The first-order chi connectivity index (χ1) is 9.52. The number of ether oxygens (including phenoxy) is 1. The standard InChI is InChI=1S/C17H26N2O/c1-5-19-17(4,13-18)11-6-7-12-20-16-14(2)9-8-10-15(16)3/h8-10,19H,5-7,11-12H2,1-4H3. The fourth-order valence-corrected chi connectivity index (χ4v) is 2.36. The molecule has 3 nitrogen and oxygen atoms in total. The molecule has 1 aromatic rings. The topological polar surface area (TPSA) is 45.0 Å². The third-order valence-corrected chi connectivity index (χ3v) is 3.54. The van der Waals surface area contributed by atoms with Gasteiger partial charge in [-0.2, -0.15) is 5.26 Å². The number of rotatable bonds is 8.